The van der Waals surface area contributed by atoms with Gasteiger partial charge in [0.1, 0.15) is 6.04 Å². The SMILES string of the molecule is Cc1ccc(C(N)C(=O)NC2C3C4CCC(C4)C23)cc1. The van der Waals surface area contributed by atoms with Crippen LogP contribution in [0.4, 0.5) is 0 Å². The van der Waals surface area contributed by atoms with Gasteiger partial charge in [-0.15, -0.1) is 0 Å². The van der Waals surface area contributed by atoms with E-state index in [9.17, 15) is 4.79 Å². The van der Waals surface area contributed by atoms with E-state index in [1.165, 1.54) is 24.8 Å². The first-order valence-electron chi connectivity index (χ1n) is 7.77. The van der Waals surface area contributed by atoms with Crippen LogP contribution in [0.1, 0.15) is 36.4 Å². The lowest BCUT2D eigenvalue weighted by molar-refractivity contribution is -0.122. The summed E-state index contributed by atoms with van der Waals surface area (Å²) in [7, 11) is 0. The zero-order valence-electron chi connectivity index (χ0n) is 11.9. The van der Waals surface area contributed by atoms with Crippen LogP contribution in [0.2, 0.25) is 0 Å². The topological polar surface area (TPSA) is 55.1 Å². The van der Waals surface area contributed by atoms with E-state index in [-0.39, 0.29) is 5.91 Å². The van der Waals surface area contributed by atoms with Crippen LogP contribution in [0.3, 0.4) is 0 Å². The third-order valence-corrected chi connectivity index (χ3v) is 5.76. The summed E-state index contributed by atoms with van der Waals surface area (Å²) in [6.45, 7) is 2.04. The first-order chi connectivity index (χ1) is 9.65. The summed E-state index contributed by atoms with van der Waals surface area (Å²) in [4.78, 5) is 12.3. The normalized spacial score (nSPS) is 38.4. The number of carbonyl (C=O) groups excluding carboxylic acids is 1. The summed E-state index contributed by atoms with van der Waals surface area (Å²) < 4.78 is 0. The van der Waals surface area contributed by atoms with Crippen molar-refractivity contribution < 1.29 is 4.79 Å². The minimum absolute atomic E-state index is 0.00680. The molecule has 3 fully saturated rings. The Morgan fingerprint density at radius 3 is 2.40 bits per heavy atom. The Morgan fingerprint density at radius 2 is 1.80 bits per heavy atom. The van der Waals surface area contributed by atoms with E-state index in [0.717, 1.165) is 29.2 Å². The number of carbonyl (C=O) groups is 1. The third kappa shape index (κ3) is 1.80. The van der Waals surface area contributed by atoms with Gasteiger partial charge in [0.05, 0.1) is 0 Å². The Balaban J connectivity index is 1.40. The minimum Gasteiger partial charge on any atom is -0.351 e. The summed E-state index contributed by atoms with van der Waals surface area (Å²) in [6.07, 6.45) is 4.16. The highest BCUT2D eigenvalue weighted by molar-refractivity contribution is 5.83. The zero-order valence-corrected chi connectivity index (χ0v) is 11.9. The minimum atomic E-state index is -0.533. The van der Waals surface area contributed by atoms with Crippen LogP contribution in [0.5, 0.6) is 0 Å². The first-order valence-corrected chi connectivity index (χ1v) is 7.77. The van der Waals surface area contributed by atoms with Crippen LogP contribution in [-0.2, 0) is 4.79 Å². The largest absolute Gasteiger partial charge is 0.351 e. The maximum Gasteiger partial charge on any atom is 0.241 e. The Bertz CT molecular complexity index is 522. The van der Waals surface area contributed by atoms with Crippen molar-refractivity contribution in [2.24, 2.45) is 29.4 Å². The molecule has 0 saturated heterocycles. The van der Waals surface area contributed by atoms with Crippen molar-refractivity contribution in [2.75, 3.05) is 0 Å². The van der Waals surface area contributed by atoms with Crippen molar-refractivity contribution in [1.82, 2.24) is 5.32 Å². The Labute approximate surface area is 119 Å². The molecule has 3 aliphatic rings. The van der Waals surface area contributed by atoms with Crippen molar-refractivity contribution in [1.29, 1.82) is 0 Å². The van der Waals surface area contributed by atoms with E-state index in [2.05, 4.69) is 5.32 Å². The smallest absolute Gasteiger partial charge is 0.241 e. The quantitative estimate of drug-likeness (QED) is 0.884. The lowest BCUT2D eigenvalue weighted by Crippen LogP contribution is -2.37. The second kappa shape index (κ2) is 4.32. The highest BCUT2D eigenvalue weighted by atomic mass is 16.2. The van der Waals surface area contributed by atoms with Gasteiger partial charge in [-0.3, -0.25) is 4.79 Å². The molecule has 0 spiro atoms. The molecule has 3 aliphatic carbocycles. The molecule has 0 heterocycles. The van der Waals surface area contributed by atoms with Crippen molar-refractivity contribution >= 4 is 5.91 Å². The summed E-state index contributed by atoms with van der Waals surface area (Å²) in [5.74, 6) is 3.29. The second-order valence-electron chi connectivity index (χ2n) is 6.91. The summed E-state index contributed by atoms with van der Waals surface area (Å²) in [5.41, 5.74) is 8.18. The molecular weight excluding hydrogens is 248 g/mol. The van der Waals surface area contributed by atoms with Gasteiger partial charge in [0.2, 0.25) is 5.91 Å². The number of rotatable bonds is 3. The summed E-state index contributed by atoms with van der Waals surface area (Å²) in [6, 6.07) is 7.82. The molecule has 3 nitrogen and oxygen atoms in total. The molecule has 0 aromatic heterocycles. The van der Waals surface area contributed by atoms with E-state index in [1.807, 2.05) is 31.2 Å². The monoisotopic (exact) mass is 270 g/mol. The van der Waals surface area contributed by atoms with Gasteiger partial charge < -0.3 is 11.1 Å². The number of hydrogen-bond acceptors (Lipinski definition) is 2. The van der Waals surface area contributed by atoms with Crippen molar-refractivity contribution in [3.63, 3.8) is 0 Å². The van der Waals surface area contributed by atoms with Gasteiger partial charge in [-0.25, -0.2) is 0 Å². The van der Waals surface area contributed by atoms with Crippen molar-refractivity contribution in [2.45, 2.75) is 38.3 Å². The van der Waals surface area contributed by atoms with Gasteiger partial charge in [-0.05, 0) is 55.4 Å². The Morgan fingerprint density at radius 1 is 1.20 bits per heavy atom. The lowest BCUT2D eigenvalue weighted by atomic mass is 10.0. The fourth-order valence-electron chi connectivity index (χ4n) is 4.70. The molecule has 0 aliphatic heterocycles. The number of nitrogens with one attached hydrogen (secondary N) is 1. The number of benzene rings is 1. The molecule has 3 N–H and O–H groups in total. The predicted molar refractivity (Wildman–Crippen MR) is 77.8 cm³/mol. The maximum atomic E-state index is 12.3. The van der Waals surface area contributed by atoms with Gasteiger partial charge >= 0.3 is 0 Å². The molecule has 20 heavy (non-hydrogen) atoms. The first kappa shape index (κ1) is 12.4. The third-order valence-electron chi connectivity index (χ3n) is 5.76. The van der Waals surface area contributed by atoms with Crippen LogP contribution in [0, 0.1) is 30.6 Å². The van der Waals surface area contributed by atoms with Gasteiger partial charge in [0, 0.05) is 6.04 Å². The fraction of sp³-hybridized carbons (Fsp3) is 0.588. The van der Waals surface area contributed by atoms with Crippen LogP contribution >= 0.6 is 0 Å². The number of fused-ring (bicyclic) bond motifs is 5. The number of amides is 1. The van der Waals surface area contributed by atoms with E-state index < -0.39 is 6.04 Å². The predicted octanol–water partition coefficient (Wildman–Crippen LogP) is 2.16. The van der Waals surface area contributed by atoms with Crippen LogP contribution in [0.25, 0.3) is 0 Å². The molecule has 1 aromatic rings. The van der Waals surface area contributed by atoms with Crippen LogP contribution in [0.15, 0.2) is 24.3 Å². The maximum absolute atomic E-state index is 12.3. The van der Waals surface area contributed by atoms with Crippen LogP contribution in [-0.4, -0.2) is 11.9 Å². The molecule has 106 valence electrons. The van der Waals surface area contributed by atoms with Gasteiger partial charge in [0.25, 0.3) is 0 Å². The molecule has 5 atom stereocenters. The number of hydrogen-bond donors (Lipinski definition) is 2. The highest BCUT2D eigenvalue weighted by Crippen LogP contribution is 2.65. The van der Waals surface area contributed by atoms with Crippen LogP contribution < -0.4 is 11.1 Å². The fourth-order valence-corrected chi connectivity index (χ4v) is 4.70. The zero-order chi connectivity index (χ0) is 13.9. The lowest BCUT2D eigenvalue weighted by Gasteiger charge is -2.15. The number of nitrogens with two attached hydrogens (primary N) is 1. The number of aryl methyl sites for hydroxylation is 1. The van der Waals surface area contributed by atoms with Crippen molar-refractivity contribution in [3.8, 4) is 0 Å². The molecule has 3 heteroatoms. The Hall–Kier alpha value is -1.35. The summed E-state index contributed by atoms with van der Waals surface area (Å²) in [5, 5.41) is 3.21. The highest BCUT2D eigenvalue weighted by Gasteiger charge is 2.65. The van der Waals surface area contributed by atoms with Crippen molar-refractivity contribution in [3.05, 3.63) is 35.4 Å². The molecule has 4 rings (SSSR count). The Kier molecular flexibility index (Phi) is 2.68. The molecule has 5 unspecified atom stereocenters. The van der Waals surface area contributed by atoms with E-state index >= 15 is 0 Å². The van der Waals surface area contributed by atoms with E-state index in [0.29, 0.717) is 6.04 Å². The van der Waals surface area contributed by atoms with E-state index in [4.69, 9.17) is 5.73 Å². The standard InChI is InChI=1S/C17H22N2O/c1-9-2-4-10(5-3-9)15(18)17(20)19-16-13-11-6-7-12(8-11)14(13)16/h2-5,11-16H,6-8,18H2,1H3,(H,19,20). The van der Waals surface area contributed by atoms with Gasteiger partial charge in [0.15, 0.2) is 0 Å². The van der Waals surface area contributed by atoms with Gasteiger partial charge in [-0.1, -0.05) is 29.8 Å². The summed E-state index contributed by atoms with van der Waals surface area (Å²) >= 11 is 0. The second-order valence-corrected chi connectivity index (χ2v) is 6.91. The average Bonchev–Trinajstić information content (AvgIpc) is 2.84. The van der Waals surface area contributed by atoms with Gasteiger partial charge in [-0.2, -0.15) is 0 Å². The molecule has 1 aromatic carbocycles. The molecule has 0 radical (unpaired) electrons. The van der Waals surface area contributed by atoms with E-state index in [1.54, 1.807) is 0 Å². The molecule has 2 bridgehead atoms. The average molecular weight is 270 g/mol. The molecule has 1 amide bonds. The molecular formula is C17H22N2O. The molecule has 3 saturated carbocycles.